The number of hydrogen-bond donors (Lipinski definition) is 1. The van der Waals surface area contributed by atoms with Gasteiger partial charge in [0, 0.05) is 26.2 Å². The van der Waals surface area contributed by atoms with Crippen molar-refractivity contribution in [3.63, 3.8) is 0 Å². The van der Waals surface area contributed by atoms with E-state index in [0.717, 1.165) is 25.6 Å². The van der Waals surface area contributed by atoms with E-state index in [1.807, 2.05) is 0 Å². The molecule has 3 heteroatoms. The molecule has 104 valence electrons. The minimum Gasteiger partial charge on any atom is -0.383 e. The van der Waals surface area contributed by atoms with Crippen LogP contribution in [0.5, 0.6) is 0 Å². The highest BCUT2D eigenvalue weighted by Crippen LogP contribution is 2.01. The van der Waals surface area contributed by atoms with Gasteiger partial charge in [0.1, 0.15) is 0 Å². The standard InChI is InChI=1S/C14H32N2O/c1-13(2)12-16(10-11-17-5)9-7-6-8-15-14(3)4/h13-15H,6-12H2,1-5H3. The summed E-state index contributed by atoms with van der Waals surface area (Å²) in [6.07, 6.45) is 2.54. The van der Waals surface area contributed by atoms with Gasteiger partial charge < -0.3 is 15.0 Å². The zero-order valence-corrected chi connectivity index (χ0v) is 12.5. The van der Waals surface area contributed by atoms with Crippen LogP contribution in [0.3, 0.4) is 0 Å². The van der Waals surface area contributed by atoms with E-state index in [-0.39, 0.29) is 0 Å². The topological polar surface area (TPSA) is 24.5 Å². The lowest BCUT2D eigenvalue weighted by Crippen LogP contribution is -2.32. The average molecular weight is 244 g/mol. The number of nitrogens with zero attached hydrogens (tertiary/aromatic N) is 1. The van der Waals surface area contributed by atoms with Crippen molar-refractivity contribution in [2.24, 2.45) is 5.92 Å². The average Bonchev–Trinajstić information content (AvgIpc) is 2.23. The van der Waals surface area contributed by atoms with Crippen LogP contribution in [0.15, 0.2) is 0 Å². The predicted molar refractivity (Wildman–Crippen MR) is 75.5 cm³/mol. The van der Waals surface area contributed by atoms with Gasteiger partial charge in [-0.2, -0.15) is 0 Å². The molecule has 0 aliphatic carbocycles. The first-order valence-electron chi connectivity index (χ1n) is 7.01. The zero-order valence-electron chi connectivity index (χ0n) is 12.5. The largest absolute Gasteiger partial charge is 0.383 e. The Hall–Kier alpha value is -0.120. The Morgan fingerprint density at radius 3 is 2.29 bits per heavy atom. The van der Waals surface area contributed by atoms with Crippen LogP contribution in [0.1, 0.15) is 40.5 Å². The molecule has 0 radical (unpaired) electrons. The fourth-order valence-electron chi connectivity index (χ4n) is 1.88. The molecular formula is C14H32N2O. The van der Waals surface area contributed by atoms with Crippen LogP contribution in [0.25, 0.3) is 0 Å². The van der Waals surface area contributed by atoms with E-state index >= 15 is 0 Å². The van der Waals surface area contributed by atoms with Gasteiger partial charge in [-0.1, -0.05) is 27.7 Å². The van der Waals surface area contributed by atoms with Gasteiger partial charge in [0.2, 0.25) is 0 Å². The second-order valence-corrected chi connectivity index (χ2v) is 5.50. The lowest BCUT2D eigenvalue weighted by atomic mass is 10.2. The summed E-state index contributed by atoms with van der Waals surface area (Å²) in [5, 5.41) is 3.46. The van der Waals surface area contributed by atoms with E-state index in [4.69, 9.17) is 4.74 Å². The summed E-state index contributed by atoms with van der Waals surface area (Å²) in [5.74, 6) is 0.737. The first kappa shape index (κ1) is 16.9. The monoisotopic (exact) mass is 244 g/mol. The number of ether oxygens (including phenoxy) is 1. The highest BCUT2D eigenvalue weighted by atomic mass is 16.5. The summed E-state index contributed by atoms with van der Waals surface area (Å²) >= 11 is 0. The molecule has 3 nitrogen and oxygen atoms in total. The summed E-state index contributed by atoms with van der Waals surface area (Å²) in [7, 11) is 1.78. The van der Waals surface area contributed by atoms with Crippen LogP contribution >= 0.6 is 0 Å². The molecule has 0 bridgehead atoms. The molecule has 0 aliphatic rings. The smallest absolute Gasteiger partial charge is 0.0589 e. The molecule has 0 spiro atoms. The Labute approximate surface area is 108 Å². The van der Waals surface area contributed by atoms with E-state index < -0.39 is 0 Å². The number of rotatable bonds is 11. The minimum absolute atomic E-state index is 0.607. The maximum Gasteiger partial charge on any atom is 0.0589 e. The third-order valence-electron chi connectivity index (χ3n) is 2.69. The Kier molecular flexibility index (Phi) is 10.9. The van der Waals surface area contributed by atoms with Crippen molar-refractivity contribution in [3.8, 4) is 0 Å². The quantitative estimate of drug-likeness (QED) is 0.565. The van der Waals surface area contributed by atoms with Crippen molar-refractivity contribution in [2.45, 2.75) is 46.6 Å². The predicted octanol–water partition coefficient (Wildman–Crippen LogP) is 2.37. The maximum atomic E-state index is 5.16. The molecule has 0 aliphatic heterocycles. The molecule has 0 saturated carbocycles. The Morgan fingerprint density at radius 2 is 1.76 bits per heavy atom. The Morgan fingerprint density at radius 1 is 1.06 bits per heavy atom. The van der Waals surface area contributed by atoms with Gasteiger partial charge in [0.05, 0.1) is 6.61 Å². The fraction of sp³-hybridized carbons (Fsp3) is 1.00. The molecule has 17 heavy (non-hydrogen) atoms. The lowest BCUT2D eigenvalue weighted by molar-refractivity contribution is 0.139. The van der Waals surface area contributed by atoms with Gasteiger partial charge in [0.15, 0.2) is 0 Å². The van der Waals surface area contributed by atoms with Crippen LogP contribution in [-0.2, 0) is 4.74 Å². The minimum atomic E-state index is 0.607. The van der Waals surface area contributed by atoms with Gasteiger partial charge in [0.25, 0.3) is 0 Å². The van der Waals surface area contributed by atoms with Crippen molar-refractivity contribution in [3.05, 3.63) is 0 Å². The maximum absolute atomic E-state index is 5.16. The third-order valence-corrected chi connectivity index (χ3v) is 2.69. The second kappa shape index (κ2) is 11.0. The summed E-state index contributed by atoms with van der Waals surface area (Å²) in [5.41, 5.74) is 0. The van der Waals surface area contributed by atoms with Gasteiger partial charge in [-0.05, 0) is 31.8 Å². The van der Waals surface area contributed by atoms with Crippen molar-refractivity contribution in [1.29, 1.82) is 0 Å². The van der Waals surface area contributed by atoms with Gasteiger partial charge in [-0.3, -0.25) is 0 Å². The van der Waals surface area contributed by atoms with E-state index in [1.165, 1.54) is 25.9 Å². The molecule has 0 fully saturated rings. The van der Waals surface area contributed by atoms with Gasteiger partial charge in [-0.25, -0.2) is 0 Å². The lowest BCUT2D eigenvalue weighted by Gasteiger charge is -2.24. The summed E-state index contributed by atoms with van der Waals surface area (Å²) in [6.45, 7) is 14.4. The number of methoxy groups -OCH3 is 1. The van der Waals surface area contributed by atoms with Gasteiger partial charge in [-0.15, -0.1) is 0 Å². The second-order valence-electron chi connectivity index (χ2n) is 5.50. The first-order valence-corrected chi connectivity index (χ1v) is 7.01. The van der Waals surface area contributed by atoms with E-state index in [9.17, 15) is 0 Å². The van der Waals surface area contributed by atoms with Crippen LogP contribution in [0, 0.1) is 5.92 Å². The van der Waals surface area contributed by atoms with Gasteiger partial charge >= 0.3 is 0 Å². The molecule has 0 aromatic rings. The number of nitrogens with one attached hydrogen (secondary N) is 1. The molecule has 0 amide bonds. The molecule has 0 unspecified atom stereocenters. The number of unbranched alkanes of at least 4 members (excludes halogenated alkanes) is 1. The zero-order chi connectivity index (χ0) is 13.1. The summed E-state index contributed by atoms with van der Waals surface area (Å²) in [4.78, 5) is 2.52. The normalized spacial score (nSPS) is 12.0. The molecule has 0 aromatic heterocycles. The Balaban J connectivity index is 3.60. The molecule has 0 rings (SSSR count). The summed E-state index contributed by atoms with van der Waals surface area (Å²) in [6, 6.07) is 0.607. The third kappa shape index (κ3) is 12.1. The Bertz CT molecular complexity index is 160. The van der Waals surface area contributed by atoms with E-state index in [2.05, 4.69) is 37.9 Å². The molecule has 0 atom stereocenters. The first-order chi connectivity index (χ1) is 8.06. The van der Waals surface area contributed by atoms with Crippen LogP contribution in [0.2, 0.25) is 0 Å². The highest BCUT2D eigenvalue weighted by molar-refractivity contribution is 4.61. The van der Waals surface area contributed by atoms with E-state index in [1.54, 1.807) is 7.11 Å². The van der Waals surface area contributed by atoms with Crippen molar-refractivity contribution >= 4 is 0 Å². The molecule has 1 N–H and O–H groups in total. The van der Waals surface area contributed by atoms with Crippen molar-refractivity contribution in [1.82, 2.24) is 10.2 Å². The number of hydrogen-bond acceptors (Lipinski definition) is 3. The van der Waals surface area contributed by atoms with Crippen LogP contribution < -0.4 is 5.32 Å². The molecule has 0 saturated heterocycles. The molecule has 0 heterocycles. The van der Waals surface area contributed by atoms with Crippen molar-refractivity contribution < 1.29 is 4.74 Å². The SMILES string of the molecule is COCCN(CCCCNC(C)C)CC(C)C. The molecule has 0 aromatic carbocycles. The fourth-order valence-corrected chi connectivity index (χ4v) is 1.88. The molecular weight excluding hydrogens is 212 g/mol. The van der Waals surface area contributed by atoms with E-state index in [0.29, 0.717) is 6.04 Å². The summed E-state index contributed by atoms with van der Waals surface area (Å²) < 4.78 is 5.16. The van der Waals surface area contributed by atoms with Crippen LogP contribution in [0.4, 0.5) is 0 Å². The van der Waals surface area contributed by atoms with Crippen LogP contribution in [-0.4, -0.2) is 50.8 Å². The van der Waals surface area contributed by atoms with Crippen molar-refractivity contribution in [2.75, 3.05) is 39.9 Å². The highest BCUT2D eigenvalue weighted by Gasteiger charge is 2.06.